The number of hydrogen-bond acceptors (Lipinski definition) is 4. The molecule has 0 saturated heterocycles. The number of aromatic nitrogens is 1. The highest BCUT2D eigenvalue weighted by molar-refractivity contribution is 5.79. The van der Waals surface area contributed by atoms with Crippen LogP contribution >= 0.6 is 0 Å². The van der Waals surface area contributed by atoms with Crippen LogP contribution in [-0.2, 0) is 16.0 Å². The molecule has 24 heavy (non-hydrogen) atoms. The van der Waals surface area contributed by atoms with Crippen molar-refractivity contribution in [2.24, 2.45) is 23.7 Å². The van der Waals surface area contributed by atoms with Gasteiger partial charge in [-0.2, -0.15) is 0 Å². The van der Waals surface area contributed by atoms with Crippen molar-refractivity contribution < 1.29 is 14.1 Å². The van der Waals surface area contributed by atoms with Crippen molar-refractivity contribution in [2.75, 3.05) is 13.7 Å². The van der Waals surface area contributed by atoms with Crippen molar-refractivity contribution in [1.82, 2.24) is 10.5 Å². The molecule has 1 N–H and O–H groups in total. The Bertz CT molecular complexity index is 589. The van der Waals surface area contributed by atoms with E-state index in [-0.39, 0.29) is 11.5 Å². The molecule has 1 aromatic rings. The van der Waals surface area contributed by atoms with E-state index in [4.69, 9.17) is 9.26 Å². The number of methoxy groups -OCH3 is 1. The Morgan fingerprint density at radius 1 is 1.21 bits per heavy atom. The van der Waals surface area contributed by atoms with E-state index >= 15 is 0 Å². The maximum atomic E-state index is 12.5. The molecule has 0 radical (unpaired) electrons. The minimum Gasteiger partial charge on any atom is -0.376 e. The minimum atomic E-state index is -0.151. The molecular formula is C19H28N2O3. The first-order valence-corrected chi connectivity index (χ1v) is 9.25. The monoisotopic (exact) mass is 332 g/mol. The SMILES string of the molecule is COC1(CNC(=O)Cc2c(C)noc2C)C2CC3CC(C2)CC1C3. The first-order chi connectivity index (χ1) is 11.5. The number of ether oxygens (including phenoxy) is 1. The standard InChI is InChI=1S/C19H28N2O3/c1-11-17(12(2)24-21-11)9-18(22)20-10-19(23-3)15-5-13-4-14(7-15)8-16(19)6-13/h13-16H,4-10H2,1-3H3,(H,20,22). The van der Waals surface area contributed by atoms with Crippen molar-refractivity contribution in [3.63, 3.8) is 0 Å². The van der Waals surface area contributed by atoms with Gasteiger partial charge in [0.1, 0.15) is 5.76 Å². The summed E-state index contributed by atoms with van der Waals surface area (Å²) in [5, 5.41) is 7.09. The van der Waals surface area contributed by atoms with E-state index < -0.39 is 0 Å². The normalized spacial score (nSPS) is 37.0. The number of hydrogen-bond donors (Lipinski definition) is 1. The molecule has 5 rings (SSSR count). The Kier molecular flexibility index (Phi) is 3.94. The molecular weight excluding hydrogens is 304 g/mol. The van der Waals surface area contributed by atoms with Gasteiger partial charge in [0.15, 0.2) is 0 Å². The van der Waals surface area contributed by atoms with Crippen LogP contribution in [0.5, 0.6) is 0 Å². The second kappa shape index (κ2) is 5.87. The first kappa shape index (κ1) is 16.1. The third-order valence-electron chi connectivity index (χ3n) is 6.98. The largest absolute Gasteiger partial charge is 0.376 e. The van der Waals surface area contributed by atoms with E-state index in [0.29, 0.717) is 24.8 Å². The van der Waals surface area contributed by atoms with E-state index in [1.54, 1.807) is 0 Å². The first-order valence-electron chi connectivity index (χ1n) is 9.25. The second-order valence-electron chi connectivity index (χ2n) is 8.22. The summed E-state index contributed by atoms with van der Waals surface area (Å²) >= 11 is 0. The van der Waals surface area contributed by atoms with E-state index in [1.807, 2.05) is 21.0 Å². The molecule has 4 fully saturated rings. The van der Waals surface area contributed by atoms with Crippen LogP contribution in [0.25, 0.3) is 0 Å². The number of carbonyl (C=O) groups excluding carboxylic acids is 1. The Balaban J connectivity index is 1.43. The van der Waals surface area contributed by atoms with Crippen molar-refractivity contribution >= 4 is 5.91 Å². The molecule has 1 amide bonds. The summed E-state index contributed by atoms with van der Waals surface area (Å²) in [5.74, 6) is 3.78. The van der Waals surface area contributed by atoms with E-state index in [0.717, 1.165) is 28.9 Å². The van der Waals surface area contributed by atoms with Gasteiger partial charge in [0.25, 0.3) is 0 Å². The predicted molar refractivity (Wildman–Crippen MR) is 89.5 cm³/mol. The van der Waals surface area contributed by atoms with Crippen molar-refractivity contribution in [2.45, 2.75) is 58.0 Å². The fourth-order valence-electron chi connectivity index (χ4n) is 5.89. The molecule has 0 unspecified atom stereocenters. The second-order valence-corrected chi connectivity index (χ2v) is 8.22. The lowest BCUT2D eigenvalue weighted by Gasteiger charge is -2.60. The highest BCUT2D eigenvalue weighted by atomic mass is 16.5. The zero-order valence-corrected chi connectivity index (χ0v) is 14.9. The highest BCUT2D eigenvalue weighted by Gasteiger charge is 2.57. The fourth-order valence-corrected chi connectivity index (χ4v) is 5.89. The van der Waals surface area contributed by atoms with Crippen LogP contribution in [0.2, 0.25) is 0 Å². The van der Waals surface area contributed by atoms with Gasteiger partial charge in [-0.15, -0.1) is 0 Å². The van der Waals surface area contributed by atoms with Crippen molar-refractivity contribution in [3.8, 4) is 0 Å². The Morgan fingerprint density at radius 3 is 2.33 bits per heavy atom. The Morgan fingerprint density at radius 2 is 1.83 bits per heavy atom. The highest BCUT2D eigenvalue weighted by Crippen LogP contribution is 2.59. The van der Waals surface area contributed by atoms with E-state index in [1.165, 1.54) is 32.1 Å². The number of carbonyl (C=O) groups is 1. The summed E-state index contributed by atoms with van der Waals surface area (Å²) in [6, 6.07) is 0. The number of nitrogens with zero attached hydrogens (tertiary/aromatic N) is 1. The molecule has 4 saturated carbocycles. The smallest absolute Gasteiger partial charge is 0.224 e. The van der Waals surface area contributed by atoms with Gasteiger partial charge in [0, 0.05) is 19.2 Å². The molecule has 0 spiro atoms. The Hall–Kier alpha value is -1.36. The molecule has 5 heteroatoms. The average Bonchev–Trinajstić information content (AvgIpc) is 2.86. The fraction of sp³-hybridized carbons (Fsp3) is 0.789. The molecule has 1 heterocycles. The quantitative estimate of drug-likeness (QED) is 0.900. The molecule has 0 atom stereocenters. The Labute approximate surface area is 143 Å². The van der Waals surface area contributed by atoms with Crippen LogP contribution < -0.4 is 5.32 Å². The summed E-state index contributed by atoms with van der Waals surface area (Å²) < 4.78 is 11.3. The molecule has 1 aromatic heterocycles. The van der Waals surface area contributed by atoms with Crippen LogP contribution in [0.4, 0.5) is 0 Å². The number of amides is 1. The summed E-state index contributed by atoms with van der Waals surface area (Å²) in [6.45, 7) is 4.38. The van der Waals surface area contributed by atoms with Gasteiger partial charge in [0.05, 0.1) is 17.7 Å². The third-order valence-corrected chi connectivity index (χ3v) is 6.98. The number of nitrogens with one attached hydrogen (secondary N) is 1. The van der Waals surface area contributed by atoms with Crippen LogP contribution in [-0.4, -0.2) is 30.3 Å². The predicted octanol–water partition coefficient (Wildman–Crippen LogP) is 2.79. The lowest BCUT2D eigenvalue weighted by Crippen LogP contribution is -2.63. The van der Waals surface area contributed by atoms with Crippen LogP contribution in [0.1, 0.15) is 49.1 Å². The van der Waals surface area contributed by atoms with Crippen molar-refractivity contribution in [3.05, 3.63) is 17.0 Å². The lowest BCUT2D eigenvalue weighted by molar-refractivity contribution is -0.188. The summed E-state index contributed by atoms with van der Waals surface area (Å²) in [4.78, 5) is 12.5. The van der Waals surface area contributed by atoms with Crippen LogP contribution in [0.3, 0.4) is 0 Å². The van der Waals surface area contributed by atoms with Gasteiger partial charge in [-0.25, -0.2) is 0 Å². The molecule has 0 aliphatic heterocycles. The average molecular weight is 332 g/mol. The maximum absolute atomic E-state index is 12.5. The molecule has 0 aromatic carbocycles. The molecule has 132 valence electrons. The molecule has 4 aliphatic rings. The zero-order chi connectivity index (χ0) is 16.9. The van der Waals surface area contributed by atoms with Crippen LogP contribution in [0.15, 0.2) is 4.52 Å². The van der Waals surface area contributed by atoms with Gasteiger partial charge in [-0.1, -0.05) is 5.16 Å². The van der Waals surface area contributed by atoms with E-state index in [2.05, 4.69) is 10.5 Å². The summed E-state index contributed by atoms with van der Waals surface area (Å²) in [7, 11) is 1.84. The molecule has 5 nitrogen and oxygen atoms in total. The third kappa shape index (κ3) is 2.48. The summed E-state index contributed by atoms with van der Waals surface area (Å²) in [6.07, 6.45) is 6.87. The lowest BCUT2D eigenvalue weighted by atomic mass is 9.49. The van der Waals surface area contributed by atoms with Gasteiger partial charge in [-0.05, 0) is 69.6 Å². The van der Waals surface area contributed by atoms with E-state index in [9.17, 15) is 4.79 Å². The van der Waals surface area contributed by atoms with Gasteiger partial charge in [0.2, 0.25) is 5.91 Å². The topological polar surface area (TPSA) is 64.4 Å². The van der Waals surface area contributed by atoms with Gasteiger partial charge >= 0.3 is 0 Å². The minimum absolute atomic E-state index is 0.0367. The maximum Gasteiger partial charge on any atom is 0.224 e. The van der Waals surface area contributed by atoms with Crippen LogP contribution in [0, 0.1) is 37.5 Å². The molecule has 4 aliphatic carbocycles. The number of rotatable bonds is 5. The summed E-state index contributed by atoms with van der Waals surface area (Å²) in [5.41, 5.74) is 1.56. The van der Waals surface area contributed by atoms with Gasteiger partial charge < -0.3 is 14.6 Å². The van der Waals surface area contributed by atoms with Gasteiger partial charge in [-0.3, -0.25) is 4.79 Å². The number of aryl methyl sites for hydroxylation is 2. The van der Waals surface area contributed by atoms with Crippen molar-refractivity contribution in [1.29, 1.82) is 0 Å². The zero-order valence-electron chi connectivity index (χ0n) is 14.9. The molecule has 4 bridgehead atoms.